The molecule has 3 heterocycles. The molecule has 0 bridgehead atoms. The molecule has 1 fully saturated rings. The summed E-state index contributed by atoms with van der Waals surface area (Å²) in [5.41, 5.74) is 3.29. The van der Waals surface area contributed by atoms with E-state index in [1.54, 1.807) is 4.57 Å². The molecule has 1 aliphatic heterocycles. The molecular formula is C18H21N5O4. The van der Waals surface area contributed by atoms with Gasteiger partial charge in [-0.15, -0.1) is 0 Å². The minimum atomic E-state index is -1.20. The first-order chi connectivity index (χ1) is 13.1. The van der Waals surface area contributed by atoms with E-state index in [4.69, 9.17) is 4.74 Å². The van der Waals surface area contributed by atoms with Gasteiger partial charge in [0, 0.05) is 6.54 Å². The maximum absolute atomic E-state index is 10.2. The molecular weight excluding hydrogens is 350 g/mol. The van der Waals surface area contributed by atoms with Crippen molar-refractivity contribution < 1.29 is 20.1 Å². The van der Waals surface area contributed by atoms with Crippen LogP contribution >= 0.6 is 0 Å². The SMILES string of the molecule is Cc1cccc(CNc2ncnc3c2ncn3[C@@H]2O[C@H](CO)C(O)C2O)c1. The molecule has 0 spiro atoms. The maximum atomic E-state index is 10.2. The number of nitrogens with one attached hydrogen (secondary N) is 1. The summed E-state index contributed by atoms with van der Waals surface area (Å²) in [5.74, 6) is 0.562. The lowest BCUT2D eigenvalue weighted by Gasteiger charge is -2.16. The number of aromatic nitrogens is 4. The molecule has 27 heavy (non-hydrogen) atoms. The third kappa shape index (κ3) is 3.26. The van der Waals surface area contributed by atoms with Crippen LogP contribution in [0.5, 0.6) is 0 Å². The predicted molar refractivity (Wildman–Crippen MR) is 96.8 cm³/mol. The Bertz CT molecular complexity index is 946. The standard InChI is InChI=1S/C18H21N5O4/c1-10-3-2-4-11(5-10)6-19-16-13-17(21-8-20-16)23(9-22-13)18-15(26)14(25)12(7-24)27-18/h2-5,8-9,12,14-15,18,24-26H,6-7H2,1H3,(H,19,20,21)/t12-,14?,15?,18-/m1/s1. The molecule has 0 amide bonds. The number of hydrogen-bond donors (Lipinski definition) is 4. The molecule has 1 aromatic carbocycles. The van der Waals surface area contributed by atoms with Gasteiger partial charge in [0.15, 0.2) is 23.2 Å². The minimum Gasteiger partial charge on any atom is -0.394 e. The number of imidazole rings is 1. The van der Waals surface area contributed by atoms with E-state index in [2.05, 4.69) is 26.3 Å². The number of rotatable bonds is 5. The fraction of sp³-hybridized carbons (Fsp3) is 0.389. The fourth-order valence-corrected chi connectivity index (χ4v) is 3.29. The van der Waals surface area contributed by atoms with Crippen molar-refractivity contribution in [1.29, 1.82) is 0 Å². The van der Waals surface area contributed by atoms with E-state index in [0.29, 0.717) is 23.5 Å². The number of benzene rings is 1. The van der Waals surface area contributed by atoms with Gasteiger partial charge in [0.05, 0.1) is 12.9 Å². The second-order valence-corrected chi connectivity index (χ2v) is 6.62. The second-order valence-electron chi connectivity index (χ2n) is 6.62. The lowest BCUT2D eigenvalue weighted by molar-refractivity contribution is -0.0511. The number of aliphatic hydroxyl groups excluding tert-OH is 3. The average Bonchev–Trinajstić information content (AvgIpc) is 3.22. The molecule has 142 valence electrons. The summed E-state index contributed by atoms with van der Waals surface area (Å²) >= 11 is 0. The highest BCUT2D eigenvalue weighted by atomic mass is 16.6. The molecule has 4 atom stereocenters. The zero-order chi connectivity index (χ0) is 19.0. The number of nitrogens with zero attached hydrogens (tertiary/aromatic N) is 4. The van der Waals surface area contributed by atoms with Gasteiger partial charge in [-0.1, -0.05) is 29.8 Å². The van der Waals surface area contributed by atoms with Crippen LogP contribution in [0.3, 0.4) is 0 Å². The van der Waals surface area contributed by atoms with E-state index in [0.717, 1.165) is 5.56 Å². The van der Waals surface area contributed by atoms with Gasteiger partial charge < -0.3 is 25.4 Å². The summed E-state index contributed by atoms with van der Waals surface area (Å²) in [6, 6.07) is 8.15. The van der Waals surface area contributed by atoms with Crippen LogP contribution in [0.2, 0.25) is 0 Å². The van der Waals surface area contributed by atoms with Gasteiger partial charge in [-0.2, -0.15) is 0 Å². The van der Waals surface area contributed by atoms with Crippen LogP contribution in [0.25, 0.3) is 11.2 Å². The number of ether oxygens (including phenoxy) is 1. The monoisotopic (exact) mass is 371 g/mol. The summed E-state index contributed by atoms with van der Waals surface area (Å²) in [7, 11) is 0. The summed E-state index contributed by atoms with van der Waals surface area (Å²) in [6.07, 6.45) is -1.24. The zero-order valence-corrected chi connectivity index (χ0v) is 14.7. The Morgan fingerprint density at radius 3 is 2.78 bits per heavy atom. The van der Waals surface area contributed by atoms with Crippen molar-refractivity contribution in [2.45, 2.75) is 38.0 Å². The van der Waals surface area contributed by atoms with Crippen LogP contribution in [0.4, 0.5) is 5.82 Å². The number of hydrogen-bond acceptors (Lipinski definition) is 8. The van der Waals surface area contributed by atoms with Crippen molar-refractivity contribution in [3.8, 4) is 0 Å². The average molecular weight is 371 g/mol. The van der Waals surface area contributed by atoms with Crippen molar-refractivity contribution in [3.63, 3.8) is 0 Å². The summed E-state index contributed by atoms with van der Waals surface area (Å²) < 4.78 is 7.10. The molecule has 1 saturated heterocycles. The van der Waals surface area contributed by atoms with Crippen LogP contribution in [0.15, 0.2) is 36.9 Å². The van der Waals surface area contributed by atoms with Gasteiger partial charge in [0.25, 0.3) is 0 Å². The Kier molecular flexibility index (Phi) is 4.75. The number of fused-ring (bicyclic) bond motifs is 1. The molecule has 0 aliphatic carbocycles. The Labute approximate surface area is 155 Å². The molecule has 0 radical (unpaired) electrons. The molecule has 4 N–H and O–H groups in total. The quantitative estimate of drug-likeness (QED) is 0.507. The Balaban J connectivity index is 1.60. The normalized spacial score (nSPS) is 25.2. The van der Waals surface area contributed by atoms with Gasteiger partial charge in [-0.05, 0) is 12.5 Å². The zero-order valence-electron chi connectivity index (χ0n) is 14.7. The summed E-state index contributed by atoms with van der Waals surface area (Å²) in [4.78, 5) is 12.8. The molecule has 2 unspecified atom stereocenters. The van der Waals surface area contributed by atoms with Gasteiger partial charge in [0.1, 0.15) is 24.6 Å². The highest BCUT2D eigenvalue weighted by Gasteiger charge is 2.44. The highest BCUT2D eigenvalue weighted by molar-refractivity contribution is 5.82. The van der Waals surface area contributed by atoms with E-state index >= 15 is 0 Å². The fourth-order valence-electron chi connectivity index (χ4n) is 3.29. The van der Waals surface area contributed by atoms with Gasteiger partial charge >= 0.3 is 0 Å². The van der Waals surface area contributed by atoms with Crippen molar-refractivity contribution >= 4 is 17.0 Å². The topological polar surface area (TPSA) is 126 Å². The van der Waals surface area contributed by atoms with Crippen molar-refractivity contribution in [2.75, 3.05) is 11.9 Å². The molecule has 1 aliphatic rings. The molecule has 9 nitrogen and oxygen atoms in total. The third-order valence-electron chi connectivity index (χ3n) is 4.69. The number of anilines is 1. The third-order valence-corrected chi connectivity index (χ3v) is 4.69. The Morgan fingerprint density at radius 2 is 2.04 bits per heavy atom. The van der Waals surface area contributed by atoms with E-state index in [9.17, 15) is 15.3 Å². The van der Waals surface area contributed by atoms with E-state index in [1.807, 2.05) is 25.1 Å². The van der Waals surface area contributed by atoms with Crippen molar-refractivity contribution in [1.82, 2.24) is 19.5 Å². The van der Waals surface area contributed by atoms with Crippen LogP contribution in [0.1, 0.15) is 17.4 Å². The van der Waals surface area contributed by atoms with Crippen LogP contribution in [0, 0.1) is 6.92 Å². The molecule has 4 rings (SSSR count). The maximum Gasteiger partial charge on any atom is 0.167 e. The highest BCUT2D eigenvalue weighted by Crippen LogP contribution is 2.32. The lowest BCUT2D eigenvalue weighted by atomic mass is 10.1. The van der Waals surface area contributed by atoms with Gasteiger partial charge in [-0.3, -0.25) is 4.57 Å². The smallest absolute Gasteiger partial charge is 0.167 e. The number of aliphatic hydroxyl groups is 3. The predicted octanol–water partition coefficient (Wildman–Crippen LogP) is 0.358. The lowest BCUT2D eigenvalue weighted by Crippen LogP contribution is -2.33. The summed E-state index contributed by atoms with van der Waals surface area (Å²) in [6.45, 7) is 2.23. The largest absolute Gasteiger partial charge is 0.394 e. The first-order valence-corrected chi connectivity index (χ1v) is 8.68. The van der Waals surface area contributed by atoms with Crippen molar-refractivity contribution in [3.05, 3.63) is 48.0 Å². The summed E-state index contributed by atoms with van der Waals surface area (Å²) in [5, 5.41) is 32.7. The van der Waals surface area contributed by atoms with E-state index in [-0.39, 0.29) is 6.61 Å². The van der Waals surface area contributed by atoms with Crippen LogP contribution in [-0.4, -0.2) is 59.8 Å². The van der Waals surface area contributed by atoms with E-state index < -0.39 is 24.5 Å². The number of aryl methyl sites for hydroxylation is 1. The van der Waals surface area contributed by atoms with Crippen LogP contribution in [-0.2, 0) is 11.3 Å². The molecule has 3 aromatic rings. The van der Waals surface area contributed by atoms with Crippen LogP contribution < -0.4 is 5.32 Å². The molecule has 2 aromatic heterocycles. The Hall–Kier alpha value is -2.59. The first kappa shape index (κ1) is 17.8. The Morgan fingerprint density at radius 1 is 1.19 bits per heavy atom. The minimum absolute atomic E-state index is 0.389. The second kappa shape index (κ2) is 7.20. The van der Waals surface area contributed by atoms with Gasteiger partial charge in [-0.25, -0.2) is 15.0 Å². The first-order valence-electron chi connectivity index (χ1n) is 8.68. The van der Waals surface area contributed by atoms with Crippen molar-refractivity contribution in [2.24, 2.45) is 0 Å². The van der Waals surface area contributed by atoms with Gasteiger partial charge in [0.2, 0.25) is 0 Å². The molecule has 9 heteroatoms. The molecule has 0 saturated carbocycles. The van der Waals surface area contributed by atoms with E-state index in [1.165, 1.54) is 18.2 Å².